The Bertz CT molecular complexity index is 427. The molecule has 1 aromatic carbocycles. The van der Waals surface area contributed by atoms with E-state index in [2.05, 4.69) is 0 Å². The van der Waals surface area contributed by atoms with Gasteiger partial charge in [0.25, 0.3) is 5.91 Å². The first-order valence-corrected chi connectivity index (χ1v) is 5.91. The van der Waals surface area contributed by atoms with Crippen molar-refractivity contribution in [2.75, 3.05) is 18.9 Å². The van der Waals surface area contributed by atoms with Gasteiger partial charge in [-0.15, -0.1) is 0 Å². The van der Waals surface area contributed by atoms with Crippen LogP contribution in [-0.2, 0) is 0 Å². The van der Waals surface area contributed by atoms with Crippen molar-refractivity contribution < 1.29 is 9.90 Å². The van der Waals surface area contributed by atoms with Crippen LogP contribution in [0, 0.1) is 6.92 Å². The quantitative estimate of drug-likeness (QED) is 0.769. The first-order chi connectivity index (χ1) is 8.13. The summed E-state index contributed by atoms with van der Waals surface area (Å²) in [5.41, 5.74) is 8.02. The van der Waals surface area contributed by atoms with Gasteiger partial charge in [-0.3, -0.25) is 4.79 Å². The molecule has 0 spiro atoms. The lowest BCUT2D eigenvalue weighted by molar-refractivity contribution is 0.0707. The number of amides is 1. The van der Waals surface area contributed by atoms with Crippen molar-refractivity contribution in [1.29, 1.82) is 0 Å². The Hall–Kier alpha value is -1.55. The standard InChI is InChI=1S/C13H18N2O2/c1-9-2-3-10(8-12(9)14)13(17)15(6-7-16)11-4-5-11/h2-3,8,11,16H,4-7,14H2,1H3. The number of aryl methyl sites for hydroxylation is 1. The molecule has 4 nitrogen and oxygen atoms in total. The van der Waals surface area contributed by atoms with E-state index >= 15 is 0 Å². The number of hydrogen-bond acceptors (Lipinski definition) is 3. The van der Waals surface area contributed by atoms with Crippen LogP contribution >= 0.6 is 0 Å². The van der Waals surface area contributed by atoms with Crippen LogP contribution in [-0.4, -0.2) is 35.1 Å². The van der Waals surface area contributed by atoms with Crippen LogP contribution in [0.1, 0.15) is 28.8 Å². The van der Waals surface area contributed by atoms with E-state index in [0.717, 1.165) is 18.4 Å². The van der Waals surface area contributed by atoms with Crippen molar-refractivity contribution in [3.63, 3.8) is 0 Å². The van der Waals surface area contributed by atoms with Crippen LogP contribution in [0.3, 0.4) is 0 Å². The molecule has 0 heterocycles. The van der Waals surface area contributed by atoms with E-state index in [0.29, 0.717) is 23.8 Å². The average molecular weight is 234 g/mol. The van der Waals surface area contributed by atoms with E-state index in [1.165, 1.54) is 0 Å². The predicted octanol–water partition coefficient (Wildman–Crippen LogP) is 1.17. The van der Waals surface area contributed by atoms with Gasteiger partial charge in [-0.1, -0.05) is 6.07 Å². The minimum atomic E-state index is -0.0340. The van der Waals surface area contributed by atoms with Crippen LogP contribution in [0.5, 0.6) is 0 Å². The van der Waals surface area contributed by atoms with Gasteiger partial charge in [-0.05, 0) is 37.5 Å². The molecule has 1 aromatic rings. The Balaban J connectivity index is 2.19. The lowest BCUT2D eigenvalue weighted by atomic mass is 10.1. The minimum absolute atomic E-state index is 0.00356. The largest absolute Gasteiger partial charge is 0.398 e. The number of anilines is 1. The molecule has 0 saturated heterocycles. The fourth-order valence-corrected chi connectivity index (χ4v) is 1.88. The zero-order valence-corrected chi connectivity index (χ0v) is 10.0. The predicted molar refractivity (Wildman–Crippen MR) is 66.7 cm³/mol. The highest BCUT2D eigenvalue weighted by Crippen LogP contribution is 2.28. The first kappa shape index (κ1) is 11.9. The van der Waals surface area contributed by atoms with Gasteiger partial charge in [-0.2, -0.15) is 0 Å². The van der Waals surface area contributed by atoms with Crippen molar-refractivity contribution in [1.82, 2.24) is 4.90 Å². The Kier molecular flexibility index (Phi) is 3.33. The van der Waals surface area contributed by atoms with Gasteiger partial charge >= 0.3 is 0 Å². The summed E-state index contributed by atoms with van der Waals surface area (Å²) in [5, 5.41) is 8.99. The molecule has 1 fully saturated rings. The van der Waals surface area contributed by atoms with Crippen LogP contribution in [0.2, 0.25) is 0 Å². The molecule has 0 radical (unpaired) electrons. The summed E-state index contributed by atoms with van der Waals surface area (Å²) in [6.45, 7) is 2.32. The van der Waals surface area contributed by atoms with E-state index in [4.69, 9.17) is 10.8 Å². The topological polar surface area (TPSA) is 66.6 Å². The molecular weight excluding hydrogens is 216 g/mol. The summed E-state index contributed by atoms with van der Waals surface area (Å²) >= 11 is 0. The molecule has 1 amide bonds. The summed E-state index contributed by atoms with van der Waals surface area (Å²) in [6, 6.07) is 5.66. The van der Waals surface area contributed by atoms with Crippen molar-refractivity contribution in [2.24, 2.45) is 0 Å². The van der Waals surface area contributed by atoms with Crippen LogP contribution in [0.4, 0.5) is 5.69 Å². The summed E-state index contributed by atoms with van der Waals surface area (Å²) in [5.74, 6) is -0.0340. The Labute approximate surface area is 101 Å². The third-order valence-corrected chi connectivity index (χ3v) is 3.12. The zero-order valence-electron chi connectivity index (χ0n) is 10.0. The summed E-state index contributed by atoms with van der Waals surface area (Å²) in [4.78, 5) is 14.0. The molecule has 0 aromatic heterocycles. The molecule has 0 unspecified atom stereocenters. The average Bonchev–Trinajstić information content (AvgIpc) is 3.13. The SMILES string of the molecule is Cc1ccc(C(=O)N(CCO)C2CC2)cc1N. The lowest BCUT2D eigenvalue weighted by Crippen LogP contribution is -2.35. The molecule has 1 saturated carbocycles. The lowest BCUT2D eigenvalue weighted by Gasteiger charge is -2.21. The second kappa shape index (κ2) is 4.75. The van der Waals surface area contributed by atoms with E-state index in [1.54, 1.807) is 17.0 Å². The van der Waals surface area contributed by atoms with Crippen LogP contribution in [0.15, 0.2) is 18.2 Å². The van der Waals surface area contributed by atoms with Crippen molar-refractivity contribution in [3.05, 3.63) is 29.3 Å². The van der Waals surface area contributed by atoms with Gasteiger partial charge in [0.05, 0.1) is 6.61 Å². The summed E-state index contributed by atoms with van der Waals surface area (Å²) in [7, 11) is 0. The fourth-order valence-electron chi connectivity index (χ4n) is 1.88. The highest BCUT2D eigenvalue weighted by molar-refractivity contribution is 5.95. The number of nitrogen functional groups attached to an aromatic ring is 1. The van der Waals surface area contributed by atoms with Gasteiger partial charge in [0, 0.05) is 23.8 Å². The molecule has 0 bridgehead atoms. The molecule has 0 aliphatic heterocycles. The van der Waals surface area contributed by atoms with Gasteiger partial charge in [0.2, 0.25) is 0 Å². The summed E-state index contributed by atoms with van der Waals surface area (Å²) in [6.07, 6.45) is 2.07. The number of carbonyl (C=O) groups excluding carboxylic acids is 1. The molecule has 1 aliphatic carbocycles. The molecule has 4 heteroatoms. The number of nitrogens with zero attached hydrogens (tertiary/aromatic N) is 1. The fraction of sp³-hybridized carbons (Fsp3) is 0.462. The number of nitrogens with two attached hydrogens (primary N) is 1. The zero-order chi connectivity index (χ0) is 12.4. The van der Waals surface area contributed by atoms with E-state index in [-0.39, 0.29) is 12.5 Å². The van der Waals surface area contributed by atoms with Crippen molar-refractivity contribution in [2.45, 2.75) is 25.8 Å². The van der Waals surface area contributed by atoms with E-state index in [9.17, 15) is 4.79 Å². The molecule has 92 valence electrons. The Morgan fingerprint density at radius 3 is 2.76 bits per heavy atom. The molecular formula is C13H18N2O2. The van der Waals surface area contributed by atoms with Crippen LogP contribution in [0.25, 0.3) is 0 Å². The van der Waals surface area contributed by atoms with Gasteiger partial charge in [0.15, 0.2) is 0 Å². The second-order valence-electron chi connectivity index (χ2n) is 4.52. The third-order valence-electron chi connectivity index (χ3n) is 3.12. The molecule has 1 aliphatic rings. The molecule has 17 heavy (non-hydrogen) atoms. The molecule has 0 atom stereocenters. The Morgan fingerprint density at radius 1 is 1.53 bits per heavy atom. The van der Waals surface area contributed by atoms with Crippen molar-refractivity contribution >= 4 is 11.6 Å². The smallest absolute Gasteiger partial charge is 0.254 e. The molecule has 3 N–H and O–H groups in total. The number of aliphatic hydroxyl groups excluding tert-OH is 1. The summed E-state index contributed by atoms with van der Waals surface area (Å²) < 4.78 is 0. The van der Waals surface area contributed by atoms with Gasteiger partial charge in [-0.25, -0.2) is 0 Å². The van der Waals surface area contributed by atoms with Crippen molar-refractivity contribution in [3.8, 4) is 0 Å². The maximum atomic E-state index is 12.2. The minimum Gasteiger partial charge on any atom is -0.398 e. The maximum Gasteiger partial charge on any atom is 0.254 e. The number of carbonyl (C=O) groups is 1. The normalized spacial score (nSPS) is 14.7. The van der Waals surface area contributed by atoms with E-state index < -0.39 is 0 Å². The monoisotopic (exact) mass is 234 g/mol. The third kappa shape index (κ3) is 2.58. The first-order valence-electron chi connectivity index (χ1n) is 5.91. The second-order valence-corrected chi connectivity index (χ2v) is 4.52. The van der Waals surface area contributed by atoms with E-state index in [1.807, 2.05) is 13.0 Å². The highest BCUT2D eigenvalue weighted by atomic mass is 16.3. The van der Waals surface area contributed by atoms with Gasteiger partial charge < -0.3 is 15.7 Å². The molecule has 2 rings (SSSR count). The number of aliphatic hydroxyl groups is 1. The number of benzene rings is 1. The maximum absolute atomic E-state index is 12.2. The van der Waals surface area contributed by atoms with Gasteiger partial charge in [0.1, 0.15) is 0 Å². The van der Waals surface area contributed by atoms with Crippen LogP contribution < -0.4 is 5.73 Å². The number of hydrogen-bond donors (Lipinski definition) is 2. The Morgan fingerprint density at radius 2 is 2.24 bits per heavy atom. The highest BCUT2D eigenvalue weighted by Gasteiger charge is 2.32. The number of rotatable bonds is 4.